The Labute approximate surface area is 130 Å². The predicted molar refractivity (Wildman–Crippen MR) is 83.5 cm³/mol. The summed E-state index contributed by atoms with van der Waals surface area (Å²) in [5, 5.41) is 0. The Morgan fingerprint density at radius 3 is 2.32 bits per heavy atom. The maximum absolute atomic E-state index is 12.4. The number of hydrogen-bond acceptors (Lipinski definition) is 4. The van der Waals surface area contributed by atoms with Gasteiger partial charge in [-0.15, -0.1) is 0 Å². The van der Waals surface area contributed by atoms with Crippen LogP contribution in [0.3, 0.4) is 0 Å². The Hall–Kier alpha value is -2.11. The molecule has 0 spiro atoms. The number of hydrogen-bond donors (Lipinski definition) is 1. The summed E-state index contributed by atoms with van der Waals surface area (Å²) < 4.78 is 0. The molecule has 2 N–H and O–H groups in total. The van der Waals surface area contributed by atoms with E-state index in [1.54, 1.807) is 6.07 Å². The fourth-order valence-electron chi connectivity index (χ4n) is 3.27. The van der Waals surface area contributed by atoms with E-state index in [1.165, 1.54) is 6.20 Å². The summed E-state index contributed by atoms with van der Waals surface area (Å²) in [6, 6.07) is 3.52. The van der Waals surface area contributed by atoms with Crippen molar-refractivity contribution in [3.63, 3.8) is 0 Å². The topological polar surface area (TPSA) is 79.5 Å². The molecule has 0 bridgehead atoms. The molecule has 2 saturated heterocycles. The van der Waals surface area contributed by atoms with Crippen LogP contribution in [-0.4, -0.2) is 47.9 Å². The zero-order chi connectivity index (χ0) is 15.5. The van der Waals surface area contributed by atoms with Crippen molar-refractivity contribution in [2.75, 3.05) is 31.1 Å². The van der Waals surface area contributed by atoms with Crippen LogP contribution in [0.5, 0.6) is 0 Å². The number of nitrogens with zero attached hydrogens (tertiary/aromatic N) is 3. The first-order chi connectivity index (χ1) is 10.6. The quantitative estimate of drug-likeness (QED) is 0.904. The molecule has 0 saturated carbocycles. The van der Waals surface area contributed by atoms with E-state index in [2.05, 4.69) is 9.88 Å². The summed E-state index contributed by atoms with van der Waals surface area (Å²) in [6.45, 7) is 3.50. The summed E-state index contributed by atoms with van der Waals surface area (Å²) in [5.41, 5.74) is 5.64. The monoisotopic (exact) mass is 302 g/mol. The van der Waals surface area contributed by atoms with Gasteiger partial charge in [0.2, 0.25) is 11.8 Å². The number of pyridine rings is 1. The number of amides is 2. The van der Waals surface area contributed by atoms with E-state index >= 15 is 0 Å². The van der Waals surface area contributed by atoms with Crippen molar-refractivity contribution in [3.8, 4) is 0 Å². The van der Waals surface area contributed by atoms with Gasteiger partial charge in [-0.2, -0.15) is 0 Å². The van der Waals surface area contributed by atoms with Crippen LogP contribution in [0, 0.1) is 5.92 Å². The van der Waals surface area contributed by atoms with Crippen LogP contribution < -0.4 is 10.6 Å². The molecule has 3 heterocycles. The predicted octanol–water partition coefficient (Wildman–Crippen LogP) is 1.02. The summed E-state index contributed by atoms with van der Waals surface area (Å²) >= 11 is 0. The second kappa shape index (κ2) is 6.34. The molecule has 0 radical (unpaired) electrons. The van der Waals surface area contributed by atoms with Gasteiger partial charge in [0, 0.05) is 38.3 Å². The molecule has 2 aliphatic rings. The molecule has 6 heteroatoms. The van der Waals surface area contributed by atoms with Gasteiger partial charge in [-0.25, -0.2) is 4.98 Å². The van der Waals surface area contributed by atoms with E-state index in [4.69, 9.17) is 5.73 Å². The first-order valence-electron chi connectivity index (χ1n) is 7.95. The Balaban J connectivity index is 1.57. The molecule has 6 nitrogen and oxygen atoms in total. The number of likely N-dealkylation sites (tertiary alicyclic amines) is 1. The average Bonchev–Trinajstić information content (AvgIpc) is 3.09. The first kappa shape index (κ1) is 14.8. The van der Waals surface area contributed by atoms with E-state index < -0.39 is 5.91 Å². The Morgan fingerprint density at radius 2 is 1.77 bits per heavy atom. The van der Waals surface area contributed by atoms with Crippen LogP contribution in [0.15, 0.2) is 18.3 Å². The lowest BCUT2D eigenvalue weighted by atomic mass is 9.95. The largest absolute Gasteiger partial charge is 0.366 e. The third-order valence-electron chi connectivity index (χ3n) is 4.62. The van der Waals surface area contributed by atoms with E-state index in [0.29, 0.717) is 11.5 Å². The van der Waals surface area contributed by atoms with Gasteiger partial charge in [0.05, 0.1) is 5.56 Å². The molecule has 3 rings (SSSR count). The fourth-order valence-corrected chi connectivity index (χ4v) is 3.27. The minimum Gasteiger partial charge on any atom is -0.366 e. The molecule has 0 atom stereocenters. The van der Waals surface area contributed by atoms with Crippen molar-refractivity contribution < 1.29 is 9.59 Å². The Kier molecular flexibility index (Phi) is 4.27. The van der Waals surface area contributed by atoms with Gasteiger partial charge in [0.1, 0.15) is 5.82 Å². The highest BCUT2D eigenvalue weighted by atomic mass is 16.2. The van der Waals surface area contributed by atoms with Crippen molar-refractivity contribution in [1.82, 2.24) is 9.88 Å². The molecule has 2 aliphatic heterocycles. The molecule has 0 aromatic carbocycles. The van der Waals surface area contributed by atoms with Crippen molar-refractivity contribution >= 4 is 17.6 Å². The standard InChI is InChI=1S/C16H22N4O2/c17-15(21)13-3-4-14(18-11-13)19-9-5-12(6-10-19)16(22)20-7-1-2-8-20/h3-4,11-12H,1-2,5-10H2,(H2,17,21). The third kappa shape index (κ3) is 3.05. The van der Waals surface area contributed by atoms with Gasteiger partial charge in [-0.1, -0.05) is 0 Å². The van der Waals surface area contributed by atoms with Crippen LogP contribution >= 0.6 is 0 Å². The molecular formula is C16H22N4O2. The Morgan fingerprint density at radius 1 is 1.09 bits per heavy atom. The van der Waals surface area contributed by atoms with E-state index in [9.17, 15) is 9.59 Å². The van der Waals surface area contributed by atoms with Gasteiger partial charge in [-0.05, 0) is 37.8 Å². The van der Waals surface area contributed by atoms with E-state index in [-0.39, 0.29) is 5.92 Å². The number of primary amides is 1. The van der Waals surface area contributed by atoms with Crippen molar-refractivity contribution in [2.24, 2.45) is 11.7 Å². The number of piperidine rings is 1. The molecule has 118 valence electrons. The van der Waals surface area contributed by atoms with Crippen LogP contribution in [0.4, 0.5) is 5.82 Å². The second-order valence-electron chi connectivity index (χ2n) is 6.06. The summed E-state index contributed by atoms with van der Waals surface area (Å²) in [5.74, 6) is 0.861. The van der Waals surface area contributed by atoms with Gasteiger partial charge in [0.15, 0.2) is 0 Å². The molecular weight excluding hydrogens is 280 g/mol. The lowest BCUT2D eigenvalue weighted by molar-refractivity contribution is -0.135. The number of carbonyl (C=O) groups excluding carboxylic acids is 2. The minimum atomic E-state index is -0.464. The maximum atomic E-state index is 12.4. The Bertz CT molecular complexity index is 544. The van der Waals surface area contributed by atoms with Crippen LogP contribution in [0.25, 0.3) is 0 Å². The second-order valence-corrected chi connectivity index (χ2v) is 6.06. The summed E-state index contributed by atoms with van der Waals surface area (Å²) in [7, 11) is 0. The highest BCUT2D eigenvalue weighted by molar-refractivity contribution is 5.92. The number of nitrogens with two attached hydrogens (primary N) is 1. The molecule has 0 aliphatic carbocycles. The normalized spacial score (nSPS) is 19.5. The zero-order valence-electron chi connectivity index (χ0n) is 12.7. The fraction of sp³-hybridized carbons (Fsp3) is 0.562. The molecule has 0 unspecified atom stereocenters. The van der Waals surface area contributed by atoms with Gasteiger partial charge < -0.3 is 15.5 Å². The molecule has 2 fully saturated rings. The number of aromatic nitrogens is 1. The van der Waals surface area contributed by atoms with Crippen LogP contribution in [0.2, 0.25) is 0 Å². The van der Waals surface area contributed by atoms with Crippen LogP contribution in [-0.2, 0) is 4.79 Å². The van der Waals surface area contributed by atoms with Crippen molar-refractivity contribution in [2.45, 2.75) is 25.7 Å². The van der Waals surface area contributed by atoms with Gasteiger partial charge in [0.25, 0.3) is 0 Å². The van der Waals surface area contributed by atoms with Gasteiger partial charge >= 0.3 is 0 Å². The smallest absolute Gasteiger partial charge is 0.250 e. The number of rotatable bonds is 3. The lowest BCUT2D eigenvalue weighted by Crippen LogP contribution is -2.41. The molecule has 1 aromatic heterocycles. The highest BCUT2D eigenvalue weighted by Crippen LogP contribution is 2.24. The third-order valence-corrected chi connectivity index (χ3v) is 4.62. The highest BCUT2D eigenvalue weighted by Gasteiger charge is 2.30. The van der Waals surface area contributed by atoms with Gasteiger partial charge in [-0.3, -0.25) is 9.59 Å². The van der Waals surface area contributed by atoms with Crippen LogP contribution in [0.1, 0.15) is 36.0 Å². The molecule has 2 amide bonds. The molecule has 1 aromatic rings. The molecule has 22 heavy (non-hydrogen) atoms. The zero-order valence-corrected chi connectivity index (χ0v) is 12.7. The maximum Gasteiger partial charge on any atom is 0.250 e. The minimum absolute atomic E-state index is 0.152. The summed E-state index contributed by atoms with van der Waals surface area (Å²) in [4.78, 5) is 31.9. The first-order valence-corrected chi connectivity index (χ1v) is 7.95. The van der Waals surface area contributed by atoms with Crippen molar-refractivity contribution in [1.29, 1.82) is 0 Å². The average molecular weight is 302 g/mol. The number of anilines is 1. The SMILES string of the molecule is NC(=O)c1ccc(N2CCC(C(=O)N3CCCC3)CC2)nc1. The summed E-state index contributed by atoms with van der Waals surface area (Å²) in [6.07, 6.45) is 5.53. The van der Waals surface area contributed by atoms with E-state index in [1.807, 2.05) is 11.0 Å². The number of carbonyl (C=O) groups is 2. The van der Waals surface area contributed by atoms with Crippen molar-refractivity contribution in [3.05, 3.63) is 23.9 Å². The van der Waals surface area contributed by atoms with E-state index in [0.717, 1.165) is 57.7 Å². The lowest BCUT2D eigenvalue weighted by Gasteiger charge is -2.33.